The van der Waals surface area contributed by atoms with Gasteiger partial charge in [0.15, 0.2) is 0 Å². The summed E-state index contributed by atoms with van der Waals surface area (Å²) in [6.07, 6.45) is 15.4. The van der Waals surface area contributed by atoms with E-state index in [4.69, 9.17) is 0 Å². The van der Waals surface area contributed by atoms with Crippen molar-refractivity contribution in [2.24, 2.45) is 11.8 Å². The van der Waals surface area contributed by atoms with Gasteiger partial charge in [-0.3, -0.25) is 0 Å². The van der Waals surface area contributed by atoms with Crippen LogP contribution in [0.25, 0.3) is 0 Å². The minimum absolute atomic E-state index is 0.616. The molecule has 0 aromatic carbocycles. The van der Waals surface area contributed by atoms with E-state index in [1.807, 2.05) is 0 Å². The molecule has 0 radical (unpaired) electrons. The summed E-state index contributed by atoms with van der Waals surface area (Å²) >= 11 is 0. The first-order chi connectivity index (χ1) is 5.38. The molecule has 0 N–H and O–H groups in total. The molecular weight excluding hydrogens is 132 g/mol. The van der Waals surface area contributed by atoms with E-state index in [1.54, 1.807) is 0 Å². The fraction of sp³-hybridized carbons (Fsp3) is 0.273. The Hall–Kier alpha value is -1.04. The third-order valence-electron chi connectivity index (χ3n) is 2.40. The van der Waals surface area contributed by atoms with Crippen molar-refractivity contribution in [3.8, 4) is 0 Å². The lowest BCUT2D eigenvalue weighted by Crippen LogP contribution is -2.05. The van der Waals surface area contributed by atoms with Gasteiger partial charge in [0.05, 0.1) is 0 Å². The predicted molar refractivity (Wildman–Crippen MR) is 48.2 cm³/mol. The normalized spacial score (nSPS) is 28.5. The molecule has 0 saturated carbocycles. The number of hydrogen-bond donors (Lipinski definition) is 0. The maximum atomic E-state index is 2.28. The Balaban J connectivity index is 2.17. The first kappa shape index (κ1) is 6.66. The number of rotatable bonds is 1. The van der Waals surface area contributed by atoms with Crippen LogP contribution in [-0.2, 0) is 0 Å². The molecule has 0 heterocycles. The Morgan fingerprint density at radius 1 is 1.00 bits per heavy atom. The van der Waals surface area contributed by atoms with Gasteiger partial charge in [0.2, 0.25) is 0 Å². The lowest BCUT2D eigenvalue weighted by Gasteiger charge is -2.14. The molecule has 0 spiro atoms. The first-order valence-electron chi connectivity index (χ1n) is 4.08. The summed E-state index contributed by atoms with van der Waals surface area (Å²) in [5, 5.41) is 0. The summed E-state index contributed by atoms with van der Waals surface area (Å²) in [7, 11) is 0. The van der Waals surface area contributed by atoms with E-state index in [2.05, 4.69) is 49.5 Å². The Kier molecular flexibility index (Phi) is 1.54. The highest BCUT2D eigenvalue weighted by Gasteiger charge is 2.18. The van der Waals surface area contributed by atoms with Crippen LogP contribution in [0.5, 0.6) is 0 Å². The van der Waals surface area contributed by atoms with Crippen molar-refractivity contribution < 1.29 is 0 Å². The van der Waals surface area contributed by atoms with Crippen LogP contribution < -0.4 is 0 Å². The van der Waals surface area contributed by atoms with E-state index in [0.717, 1.165) is 0 Å². The highest BCUT2D eigenvalue weighted by molar-refractivity contribution is 5.32. The van der Waals surface area contributed by atoms with Gasteiger partial charge in [-0.05, 0) is 6.92 Å². The maximum absolute atomic E-state index is 2.28. The van der Waals surface area contributed by atoms with Crippen LogP contribution in [0, 0.1) is 11.8 Å². The molecule has 56 valence electrons. The van der Waals surface area contributed by atoms with Gasteiger partial charge in [0.1, 0.15) is 0 Å². The fourth-order valence-electron chi connectivity index (χ4n) is 1.71. The Labute approximate surface area is 67.6 Å². The van der Waals surface area contributed by atoms with E-state index in [1.165, 1.54) is 5.57 Å². The monoisotopic (exact) mass is 144 g/mol. The average molecular weight is 144 g/mol. The van der Waals surface area contributed by atoms with Crippen LogP contribution in [-0.4, -0.2) is 0 Å². The highest BCUT2D eigenvalue weighted by atomic mass is 14.2. The second kappa shape index (κ2) is 2.54. The highest BCUT2D eigenvalue weighted by Crippen LogP contribution is 2.30. The summed E-state index contributed by atoms with van der Waals surface area (Å²) in [6, 6.07) is 0. The molecule has 1 unspecified atom stereocenters. The Bertz CT molecular complexity index is 252. The van der Waals surface area contributed by atoms with Crippen molar-refractivity contribution in [1.82, 2.24) is 0 Å². The van der Waals surface area contributed by atoms with Gasteiger partial charge >= 0.3 is 0 Å². The minimum Gasteiger partial charge on any atom is -0.0767 e. The van der Waals surface area contributed by atoms with Crippen LogP contribution in [0.15, 0.2) is 48.1 Å². The summed E-state index contributed by atoms with van der Waals surface area (Å²) in [5.74, 6) is 1.25. The molecule has 0 aromatic heterocycles. The Morgan fingerprint density at radius 2 is 1.73 bits per heavy atom. The van der Waals surface area contributed by atoms with Crippen molar-refractivity contribution in [3.63, 3.8) is 0 Å². The SMILES string of the molecule is CC1=CC=CC1C1C=CC=C1. The van der Waals surface area contributed by atoms with Crippen LogP contribution >= 0.6 is 0 Å². The van der Waals surface area contributed by atoms with Gasteiger partial charge < -0.3 is 0 Å². The second-order valence-electron chi connectivity index (χ2n) is 3.17. The van der Waals surface area contributed by atoms with Crippen molar-refractivity contribution >= 4 is 0 Å². The largest absolute Gasteiger partial charge is 0.0767 e. The van der Waals surface area contributed by atoms with Crippen LogP contribution in [0.4, 0.5) is 0 Å². The fourth-order valence-corrected chi connectivity index (χ4v) is 1.71. The molecule has 0 aliphatic heterocycles. The molecule has 0 saturated heterocycles. The molecule has 0 fully saturated rings. The topological polar surface area (TPSA) is 0 Å². The molecule has 2 aliphatic carbocycles. The molecule has 1 atom stereocenters. The molecule has 2 aliphatic rings. The summed E-state index contributed by atoms with van der Waals surface area (Å²) in [4.78, 5) is 0. The predicted octanol–water partition coefficient (Wildman–Crippen LogP) is 2.86. The third kappa shape index (κ3) is 1.09. The molecule has 0 aromatic rings. The first-order valence-corrected chi connectivity index (χ1v) is 4.08. The van der Waals surface area contributed by atoms with Crippen molar-refractivity contribution in [1.29, 1.82) is 0 Å². The van der Waals surface area contributed by atoms with Crippen LogP contribution in [0.2, 0.25) is 0 Å². The van der Waals surface area contributed by atoms with E-state index in [0.29, 0.717) is 11.8 Å². The van der Waals surface area contributed by atoms with Gasteiger partial charge in [-0.15, -0.1) is 0 Å². The Morgan fingerprint density at radius 3 is 2.27 bits per heavy atom. The van der Waals surface area contributed by atoms with E-state index in [9.17, 15) is 0 Å². The molecule has 0 bridgehead atoms. The minimum atomic E-state index is 0.616. The van der Waals surface area contributed by atoms with E-state index < -0.39 is 0 Å². The van der Waals surface area contributed by atoms with Gasteiger partial charge in [0.25, 0.3) is 0 Å². The van der Waals surface area contributed by atoms with Gasteiger partial charge in [-0.2, -0.15) is 0 Å². The summed E-state index contributed by atoms with van der Waals surface area (Å²) in [6.45, 7) is 2.20. The van der Waals surface area contributed by atoms with Crippen LogP contribution in [0.1, 0.15) is 6.92 Å². The molecule has 0 amide bonds. The number of allylic oxidation sites excluding steroid dienone is 8. The van der Waals surface area contributed by atoms with Crippen molar-refractivity contribution in [2.45, 2.75) is 6.92 Å². The quantitative estimate of drug-likeness (QED) is 0.531. The zero-order valence-electron chi connectivity index (χ0n) is 6.70. The maximum Gasteiger partial charge on any atom is 0.00780 e. The third-order valence-corrected chi connectivity index (χ3v) is 2.40. The zero-order valence-corrected chi connectivity index (χ0v) is 6.70. The van der Waals surface area contributed by atoms with Gasteiger partial charge in [-0.25, -0.2) is 0 Å². The molecule has 0 heteroatoms. The van der Waals surface area contributed by atoms with Gasteiger partial charge in [0, 0.05) is 11.8 Å². The van der Waals surface area contributed by atoms with E-state index in [-0.39, 0.29) is 0 Å². The van der Waals surface area contributed by atoms with Crippen LogP contribution in [0.3, 0.4) is 0 Å². The smallest absolute Gasteiger partial charge is 0.00780 e. The lowest BCUT2D eigenvalue weighted by molar-refractivity contribution is 0.655. The van der Waals surface area contributed by atoms with Gasteiger partial charge in [-0.1, -0.05) is 48.1 Å². The lowest BCUT2D eigenvalue weighted by atomic mass is 9.90. The van der Waals surface area contributed by atoms with E-state index >= 15 is 0 Å². The molecule has 0 nitrogen and oxygen atoms in total. The average Bonchev–Trinajstić information content (AvgIpc) is 2.55. The molecule has 2 rings (SSSR count). The molecular formula is C11H12. The second-order valence-corrected chi connectivity index (χ2v) is 3.17. The standard InChI is InChI=1S/C11H12/c1-9-5-4-8-11(9)10-6-2-3-7-10/h2-8,10-11H,1H3. The summed E-state index contributed by atoms with van der Waals surface area (Å²) < 4.78 is 0. The molecule has 11 heavy (non-hydrogen) atoms. The zero-order chi connectivity index (χ0) is 7.68. The number of hydrogen-bond acceptors (Lipinski definition) is 0. The summed E-state index contributed by atoms with van der Waals surface area (Å²) in [5.41, 5.74) is 1.48. The van der Waals surface area contributed by atoms with Crippen molar-refractivity contribution in [2.75, 3.05) is 0 Å². The van der Waals surface area contributed by atoms with Crippen molar-refractivity contribution in [3.05, 3.63) is 48.1 Å².